The Balaban J connectivity index is 1.95. The maximum Gasteiger partial charge on any atom is 0.0900 e. The van der Waals surface area contributed by atoms with Crippen LogP contribution in [0.25, 0.3) is 0 Å². The van der Waals surface area contributed by atoms with E-state index in [1.165, 1.54) is 6.42 Å². The molecule has 1 aliphatic carbocycles. The Morgan fingerprint density at radius 2 is 2.11 bits per heavy atom. The topological polar surface area (TPSA) is 36.3 Å². The maximum atomic E-state index is 6.07. The van der Waals surface area contributed by atoms with Crippen molar-refractivity contribution in [2.75, 3.05) is 7.11 Å². The van der Waals surface area contributed by atoms with Gasteiger partial charge in [0.1, 0.15) is 0 Å². The fourth-order valence-electron chi connectivity index (χ4n) is 2.67. The quantitative estimate of drug-likeness (QED) is 0.829. The summed E-state index contributed by atoms with van der Waals surface area (Å²) >= 11 is 3.60. The number of halogens is 1. The minimum Gasteiger partial charge on any atom is -0.381 e. The molecule has 2 atom stereocenters. The van der Waals surface area contributed by atoms with Gasteiger partial charge in [-0.15, -0.1) is 0 Å². The van der Waals surface area contributed by atoms with E-state index in [2.05, 4.69) is 28.0 Å². The Labute approximate surface area is 123 Å². The summed E-state index contributed by atoms with van der Waals surface area (Å²) in [5.74, 6) is 0. The van der Waals surface area contributed by atoms with Gasteiger partial charge in [0.15, 0.2) is 0 Å². The Morgan fingerprint density at radius 1 is 1.37 bits per heavy atom. The van der Waals surface area contributed by atoms with Gasteiger partial charge in [-0.1, -0.05) is 0 Å². The summed E-state index contributed by atoms with van der Waals surface area (Å²) < 4.78 is 14.6. The van der Waals surface area contributed by atoms with E-state index < -0.39 is 0 Å². The first-order valence-electron chi connectivity index (χ1n) is 7.01. The zero-order valence-corrected chi connectivity index (χ0v) is 13.6. The monoisotopic (exact) mass is 330 g/mol. The number of methoxy groups -OCH3 is 1. The average molecular weight is 331 g/mol. The molecule has 1 aliphatic rings. The van der Waals surface area contributed by atoms with Gasteiger partial charge in [-0.05, 0) is 55.5 Å². The molecule has 4 nitrogen and oxygen atoms in total. The van der Waals surface area contributed by atoms with E-state index in [9.17, 15) is 0 Å². The van der Waals surface area contributed by atoms with Gasteiger partial charge in [0.2, 0.25) is 0 Å². The third kappa shape index (κ3) is 3.58. The third-order valence-corrected chi connectivity index (χ3v) is 4.85. The first-order chi connectivity index (χ1) is 9.15. The molecule has 0 aromatic carbocycles. The minimum atomic E-state index is 0.311. The highest BCUT2D eigenvalue weighted by molar-refractivity contribution is 9.10. The number of aromatic nitrogens is 2. The van der Waals surface area contributed by atoms with Crippen molar-refractivity contribution < 1.29 is 9.47 Å². The second-order valence-corrected chi connectivity index (χ2v) is 5.91. The first kappa shape index (κ1) is 15.0. The van der Waals surface area contributed by atoms with Gasteiger partial charge in [-0.3, -0.25) is 4.68 Å². The molecule has 1 fully saturated rings. The summed E-state index contributed by atoms with van der Waals surface area (Å²) in [5.41, 5.74) is 2.17. The van der Waals surface area contributed by atoms with Crippen LogP contribution in [0.4, 0.5) is 0 Å². The van der Waals surface area contributed by atoms with Crippen molar-refractivity contribution in [3.63, 3.8) is 0 Å². The summed E-state index contributed by atoms with van der Waals surface area (Å²) in [7, 11) is 1.79. The number of rotatable bonds is 5. The fraction of sp³-hybridized carbons (Fsp3) is 0.786. The Kier molecular flexibility index (Phi) is 5.42. The Morgan fingerprint density at radius 3 is 2.79 bits per heavy atom. The molecule has 0 radical (unpaired) electrons. The van der Waals surface area contributed by atoms with Crippen LogP contribution in [0, 0.1) is 6.92 Å². The van der Waals surface area contributed by atoms with Crippen LogP contribution >= 0.6 is 15.9 Å². The van der Waals surface area contributed by atoms with Gasteiger partial charge in [0, 0.05) is 13.7 Å². The Hall–Kier alpha value is -0.390. The molecule has 0 spiro atoms. The molecule has 1 aromatic heterocycles. The molecule has 2 rings (SSSR count). The molecule has 1 aromatic rings. The van der Waals surface area contributed by atoms with Gasteiger partial charge >= 0.3 is 0 Å². The molecule has 0 N–H and O–H groups in total. The second-order valence-electron chi connectivity index (χ2n) is 5.12. The van der Waals surface area contributed by atoms with Crippen molar-refractivity contribution in [3.05, 3.63) is 15.9 Å². The number of hydrogen-bond donors (Lipinski definition) is 0. The van der Waals surface area contributed by atoms with E-state index >= 15 is 0 Å². The lowest BCUT2D eigenvalue weighted by molar-refractivity contribution is -0.0381. The lowest BCUT2D eigenvalue weighted by atomic mass is 9.95. The predicted molar refractivity (Wildman–Crippen MR) is 78.2 cm³/mol. The fourth-order valence-corrected chi connectivity index (χ4v) is 3.07. The summed E-state index contributed by atoms with van der Waals surface area (Å²) in [6, 6.07) is 0. The molecular formula is C14H23BrN2O2. The summed E-state index contributed by atoms with van der Waals surface area (Å²) in [4.78, 5) is 0. The van der Waals surface area contributed by atoms with Crippen LogP contribution in [0.5, 0.6) is 0 Å². The lowest BCUT2D eigenvalue weighted by Crippen LogP contribution is -2.27. The summed E-state index contributed by atoms with van der Waals surface area (Å²) in [6.07, 6.45) is 5.16. The van der Waals surface area contributed by atoms with Gasteiger partial charge in [-0.2, -0.15) is 5.10 Å². The third-order valence-electron chi connectivity index (χ3n) is 3.82. The zero-order valence-electron chi connectivity index (χ0n) is 12.0. The highest BCUT2D eigenvalue weighted by Crippen LogP contribution is 2.26. The van der Waals surface area contributed by atoms with E-state index in [1.807, 2.05) is 11.6 Å². The van der Waals surface area contributed by atoms with Crippen molar-refractivity contribution in [3.8, 4) is 0 Å². The van der Waals surface area contributed by atoms with Crippen LogP contribution in [-0.4, -0.2) is 29.1 Å². The lowest BCUT2D eigenvalue weighted by Gasteiger charge is -2.28. The molecule has 1 heterocycles. The van der Waals surface area contributed by atoms with Crippen LogP contribution in [0.15, 0.2) is 4.47 Å². The van der Waals surface area contributed by atoms with Crippen LogP contribution in [0.2, 0.25) is 0 Å². The zero-order chi connectivity index (χ0) is 13.8. The molecule has 108 valence electrons. The summed E-state index contributed by atoms with van der Waals surface area (Å²) in [5, 5.41) is 4.49. The smallest absolute Gasteiger partial charge is 0.0900 e. The van der Waals surface area contributed by atoms with E-state index in [0.29, 0.717) is 18.8 Å². The number of hydrogen-bond acceptors (Lipinski definition) is 3. The van der Waals surface area contributed by atoms with Crippen molar-refractivity contribution in [2.45, 2.75) is 64.9 Å². The van der Waals surface area contributed by atoms with Crippen LogP contribution < -0.4 is 0 Å². The number of ether oxygens (including phenoxy) is 2. The molecular weight excluding hydrogens is 308 g/mol. The molecule has 0 aliphatic heterocycles. The maximum absolute atomic E-state index is 6.07. The van der Waals surface area contributed by atoms with Crippen molar-refractivity contribution in [1.82, 2.24) is 9.78 Å². The van der Waals surface area contributed by atoms with E-state index in [0.717, 1.165) is 41.7 Å². The molecule has 1 saturated carbocycles. The largest absolute Gasteiger partial charge is 0.381 e. The number of nitrogens with zero attached hydrogens (tertiary/aromatic N) is 2. The van der Waals surface area contributed by atoms with Gasteiger partial charge < -0.3 is 9.47 Å². The van der Waals surface area contributed by atoms with Crippen molar-refractivity contribution in [1.29, 1.82) is 0 Å². The highest BCUT2D eigenvalue weighted by Gasteiger charge is 2.23. The van der Waals surface area contributed by atoms with Crippen LogP contribution in [0.3, 0.4) is 0 Å². The standard InChI is InChI=1S/C14H23BrN2O2/c1-4-17-13(14(15)10(2)16-17)9-19-12-7-5-6-11(8-12)18-3/h11-12H,4-9H2,1-3H3. The molecule has 0 amide bonds. The second kappa shape index (κ2) is 6.86. The molecule has 0 bridgehead atoms. The predicted octanol–water partition coefficient (Wildman–Crippen LogP) is 3.45. The molecule has 19 heavy (non-hydrogen) atoms. The SMILES string of the molecule is CCn1nc(C)c(Br)c1COC1CCCC(OC)C1. The first-order valence-corrected chi connectivity index (χ1v) is 7.81. The van der Waals surface area contributed by atoms with Gasteiger partial charge in [0.25, 0.3) is 0 Å². The van der Waals surface area contributed by atoms with E-state index in [1.54, 1.807) is 7.11 Å². The van der Waals surface area contributed by atoms with Crippen LogP contribution in [-0.2, 0) is 22.6 Å². The Bertz CT molecular complexity index is 420. The normalized spacial score (nSPS) is 23.8. The van der Waals surface area contributed by atoms with Gasteiger partial charge in [0.05, 0.1) is 34.7 Å². The van der Waals surface area contributed by atoms with Crippen molar-refractivity contribution in [2.24, 2.45) is 0 Å². The number of aryl methyl sites for hydroxylation is 2. The summed E-state index contributed by atoms with van der Waals surface area (Å²) in [6.45, 7) is 5.61. The van der Waals surface area contributed by atoms with Crippen molar-refractivity contribution >= 4 is 15.9 Å². The molecule has 2 unspecified atom stereocenters. The average Bonchev–Trinajstić information content (AvgIpc) is 2.72. The van der Waals surface area contributed by atoms with Crippen LogP contribution in [0.1, 0.15) is 44.0 Å². The highest BCUT2D eigenvalue weighted by atomic mass is 79.9. The van der Waals surface area contributed by atoms with Gasteiger partial charge in [-0.25, -0.2) is 0 Å². The minimum absolute atomic E-state index is 0.311. The molecule has 0 saturated heterocycles. The van der Waals surface area contributed by atoms with E-state index in [-0.39, 0.29) is 0 Å². The molecule has 5 heteroatoms. The van der Waals surface area contributed by atoms with E-state index in [4.69, 9.17) is 9.47 Å².